The standard InChI is InChI=1S/C27H24ClN5O3/c1-17-24(26(34)32-22-5-3-4-6-23(22)35-2)25(33-27(31-17)29-16-30-33)19-9-13-21(14-10-19)36-15-18-7-11-20(28)12-8-18/h3-14,16,25H,15H2,1-2H3,(H,32,34)(H,29,30,31)/t25-/m1/s1. The molecule has 5 rings (SSSR count). The Hall–Kier alpha value is -4.30. The monoisotopic (exact) mass is 501 g/mol. The highest BCUT2D eigenvalue weighted by molar-refractivity contribution is 6.30. The Bertz CT molecular complexity index is 1410. The maximum absolute atomic E-state index is 13.6. The number of methoxy groups -OCH3 is 1. The van der Waals surface area contributed by atoms with Gasteiger partial charge in [-0.15, -0.1) is 0 Å². The van der Waals surface area contributed by atoms with Crippen LogP contribution >= 0.6 is 11.6 Å². The first-order valence-electron chi connectivity index (χ1n) is 11.3. The van der Waals surface area contributed by atoms with Gasteiger partial charge in [-0.3, -0.25) is 4.79 Å². The van der Waals surface area contributed by atoms with Crippen molar-refractivity contribution in [2.24, 2.45) is 0 Å². The summed E-state index contributed by atoms with van der Waals surface area (Å²) in [6.45, 7) is 2.27. The predicted molar refractivity (Wildman–Crippen MR) is 138 cm³/mol. The molecule has 36 heavy (non-hydrogen) atoms. The number of amides is 1. The first-order valence-corrected chi connectivity index (χ1v) is 11.7. The van der Waals surface area contributed by atoms with Crippen LogP contribution in [-0.4, -0.2) is 27.8 Å². The summed E-state index contributed by atoms with van der Waals surface area (Å²) in [5.74, 6) is 1.59. The van der Waals surface area contributed by atoms with Crippen molar-refractivity contribution in [3.63, 3.8) is 0 Å². The molecule has 1 aliphatic heterocycles. The number of carbonyl (C=O) groups excluding carboxylic acids is 1. The molecule has 0 radical (unpaired) electrons. The normalized spacial score (nSPS) is 14.6. The van der Waals surface area contributed by atoms with Crippen LogP contribution in [0.1, 0.15) is 24.1 Å². The lowest BCUT2D eigenvalue weighted by atomic mass is 9.95. The zero-order valence-electron chi connectivity index (χ0n) is 19.7. The number of benzene rings is 3. The molecule has 0 bridgehead atoms. The van der Waals surface area contributed by atoms with Crippen molar-refractivity contribution >= 4 is 29.1 Å². The molecule has 1 amide bonds. The van der Waals surface area contributed by atoms with Crippen LogP contribution in [-0.2, 0) is 11.4 Å². The molecule has 182 valence electrons. The number of anilines is 2. The Morgan fingerprint density at radius 1 is 1.08 bits per heavy atom. The van der Waals surface area contributed by atoms with E-state index in [1.54, 1.807) is 23.9 Å². The van der Waals surface area contributed by atoms with E-state index in [-0.39, 0.29) is 5.91 Å². The van der Waals surface area contributed by atoms with Crippen molar-refractivity contribution in [1.29, 1.82) is 0 Å². The number of halogens is 1. The summed E-state index contributed by atoms with van der Waals surface area (Å²) in [5.41, 5.74) is 3.68. The van der Waals surface area contributed by atoms with Crippen LogP contribution in [0.2, 0.25) is 5.02 Å². The van der Waals surface area contributed by atoms with E-state index in [1.807, 2.05) is 67.6 Å². The van der Waals surface area contributed by atoms with Crippen molar-refractivity contribution in [1.82, 2.24) is 14.8 Å². The molecule has 9 heteroatoms. The van der Waals surface area contributed by atoms with Crippen LogP contribution in [0.15, 0.2) is 90.4 Å². The van der Waals surface area contributed by atoms with Gasteiger partial charge in [0, 0.05) is 10.7 Å². The summed E-state index contributed by atoms with van der Waals surface area (Å²) in [5, 5.41) is 11.2. The molecule has 0 fully saturated rings. The minimum absolute atomic E-state index is 0.265. The van der Waals surface area contributed by atoms with Crippen molar-refractivity contribution in [3.05, 3.63) is 107 Å². The average Bonchev–Trinajstić information content (AvgIpc) is 3.36. The van der Waals surface area contributed by atoms with Crippen LogP contribution in [0.3, 0.4) is 0 Å². The molecule has 0 saturated heterocycles. The van der Waals surface area contributed by atoms with Gasteiger partial charge in [-0.25, -0.2) is 4.68 Å². The van der Waals surface area contributed by atoms with Crippen molar-refractivity contribution in [2.75, 3.05) is 17.7 Å². The number of fused-ring (bicyclic) bond motifs is 1. The van der Waals surface area contributed by atoms with Gasteiger partial charge in [0.1, 0.15) is 30.5 Å². The van der Waals surface area contributed by atoms with Gasteiger partial charge in [0.2, 0.25) is 5.95 Å². The summed E-state index contributed by atoms with van der Waals surface area (Å²) >= 11 is 5.96. The summed E-state index contributed by atoms with van der Waals surface area (Å²) in [7, 11) is 1.57. The Labute approximate surface area is 213 Å². The second-order valence-electron chi connectivity index (χ2n) is 8.23. The minimum atomic E-state index is -0.483. The smallest absolute Gasteiger partial charge is 0.255 e. The number of rotatable bonds is 7. The first-order chi connectivity index (χ1) is 17.5. The van der Waals surface area contributed by atoms with Crippen molar-refractivity contribution < 1.29 is 14.3 Å². The fraction of sp³-hybridized carbons (Fsp3) is 0.148. The molecule has 3 aromatic carbocycles. The third-order valence-corrected chi connectivity index (χ3v) is 6.16. The summed E-state index contributed by atoms with van der Waals surface area (Å²) in [6, 6.07) is 22.0. The highest BCUT2D eigenvalue weighted by Crippen LogP contribution is 2.36. The number of nitrogens with zero attached hydrogens (tertiary/aromatic N) is 3. The molecule has 0 unspecified atom stereocenters. The Morgan fingerprint density at radius 2 is 1.83 bits per heavy atom. The molecule has 4 aromatic rings. The maximum Gasteiger partial charge on any atom is 0.255 e. The van der Waals surface area contributed by atoms with Gasteiger partial charge in [0.15, 0.2) is 0 Å². The number of aromatic nitrogens is 3. The SMILES string of the molecule is COc1ccccc1NC(=O)C1=C(C)Nc2ncnn2[C@@H]1c1ccc(OCc2ccc(Cl)cc2)cc1. The number of allylic oxidation sites excluding steroid dienone is 1. The van der Waals surface area contributed by atoms with Gasteiger partial charge >= 0.3 is 0 Å². The van der Waals surface area contributed by atoms with E-state index in [0.717, 1.165) is 11.1 Å². The molecular formula is C27H24ClN5O3. The zero-order valence-corrected chi connectivity index (χ0v) is 20.5. The Morgan fingerprint density at radius 3 is 2.58 bits per heavy atom. The second kappa shape index (κ2) is 10.1. The molecule has 0 saturated carbocycles. The fourth-order valence-electron chi connectivity index (χ4n) is 4.12. The Balaban J connectivity index is 1.41. The van der Waals surface area contributed by atoms with Crippen LogP contribution in [0.5, 0.6) is 11.5 Å². The minimum Gasteiger partial charge on any atom is -0.495 e. The van der Waals surface area contributed by atoms with E-state index < -0.39 is 6.04 Å². The van der Waals surface area contributed by atoms with Gasteiger partial charge in [-0.2, -0.15) is 10.1 Å². The quantitative estimate of drug-likeness (QED) is 0.350. The van der Waals surface area contributed by atoms with E-state index in [2.05, 4.69) is 20.7 Å². The third kappa shape index (κ3) is 4.76. The van der Waals surface area contributed by atoms with Gasteiger partial charge in [-0.05, 0) is 54.4 Å². The zero-order chi connectivity index (χ0) is 25.1. The van der Waals surface area contributed by atoms with Crippen molar-refractivity contribution in [2.45, 2.75) is 19.6 Å². The first kappa shape index (κ1) is 23.4. The number of hydrogen-bond donors (Lipinski definition) is 2. The van der Waals surface area contributed by atoms with Crippen molar-refractivity contribution in [3.8, 4) is 11.5 Å². The molecule has 1 aromatic heterocycles. The second-order valence-corrected chi connectivity index (χ2v) is 8.67. The summed E-state index contributed by atoms with van der Waals surface area (Å²) in [4.78, 5) is 17.8. The van der Waals surface area contributed by atoms with Gasteiger partial charge in [-0.1, -0.05) is 48.0 Å². The fourth-order valence-corrected chi connectivity index (χ4v) is 4.25. The van der Waals surface area contributed by atoms with E-state index in [0.29, 0.717) is 46.0 Å². The highest BCUT2D eigenvalue weighted by atomic mass is 35.5. The van der Waals surface area contributed by atoms with Crippen LogP contribution in [0.4, 0.5) is 11.6 Å². The van der Waals surface area contributed by atoms with Gasteiger partial charge < -0.3 is 20.1 Å². The van der Waals surface area contributed by atoms with E-state index in [9.17, 15) is 4.79 Å². The molecule has 1 aliphatic rings. The molecule has 8 nitrogen and oxygen atoms in total. The van der Waals surface area contributed by atoms with Crippen LogP contribution in [0.25, 0.3) is 0 Å². The van der Waals surface area contributed by atoms with Crippen LogP contribution < -0.4 is 20.1 Å². The van der Waals surface area contributed by atoms with Crippen LogP contribution in [0, 0.1) is 0 Å². The van der Waals surface area contributed by atoms with E-state index in [1.165, 1.54) is 6.33 Å². The average molecular weight is 502 g/mol. The van der Waals surface area contributed by atoms with E-state index in [4.69, 9.17) is 21.1 Å². The lowest BCUT2D eigenvalue weighted by molar-refractivity contribution is -0.113. The molecule has 0 aliphatic carbocycles. The molecule has 2 heterocycles. The number of nitrogens with one attached hydrogen (secondary N) is 2. The number of para-hydroxylation sites is 2. The van der Waals surface area contributed by atoms with E-state index >= 15 is 0 Å². The summed E-state index contributed by atoms with van der Waals surface area (Å²) < 4.78 is 13.0. The molecule has 0 spiro atoms. The lowest BCUT2D eigenvalue weighted by Crippen LogP contribution is -2.31. The maximum atomic E-state index is 13.6. The number of hydrogen-bond acceptors (Lipinski definition) is 6. The van der Waals surface area contributed by atoms with Gasteiger partial charge in [0.25, 0.3) is 5.91 Å². The topological polar surface area (TPSA) is 90.3 Å². The highest BCUT2D eigenvalue weighted by Gasteiger charge is 2.33. The largest absolute Gasteiger partial charge is 0.495 e. The lowest BCUT2D eigenvalue weighted by Gasteiger charge is -2.29. The molecule has 1 atom stereocenters. The predicted octanol–water partition coefficient (Wildman–Crippen LogP) is 5.45. The number of ether oxygens (including phenoxy) is 2. The molecular weight excluding hydrogens is 478 g/mol. The summed E-state index contributed by atoms with van der Waals surface area (Å²) in [6.07, 6.45) is 1.47. The molecule has 2 N–H and O–H groups in total. The number of carbonyl (C=O) groups is 1. The Kier molecular flexibility index (Phi) is 6.60. The third-order valence-electron chi connectivity index (χ3n) is 5.91. The van der Waals surface area contributed by atoms with Gasteiger partial charge in [0.05, 0.1) is 18.4 Å².